The number of nitrogens with zero attached hydrogens (tertiary/aromatic N) is 4. The van der Waals surface area contributed by atoms with Gasteiger partial charge < -0.3 is 16.2 Å². The molecule has 4 N–H and O–H groups in total. The van der Waals surface area contributed by atoms with Crippen LogP contribution in [-0.2, 0) is 10.0 Å². The zero-order valence-corrected chi connectivity index (χ0v) is 21.6. The molecule has 0 radical (unpaired) electrons. The Morgan fingerprint density at radius 1 is 1.08 bits per heavy atom. The number of sulfonamides is 1. The van der Waals surface area contributed by atoms with Crippen LogP contribution in [0.5, 0.6) is 0 Å². The highest BCUT2D eigenvalue weighted by Crippen LogP contribution is 2.26. The number of halogens is 1. The third kappa shape index (κ3) is 5.82. The van der Waals surface area contributed by atoms with E-state index in [-0.39, 0.29) is 23.8 Å². The highest BCUT2D eigenvalue weighted by Gasteiger charge is 2.29. The number of aliphatic hydroxyl groups excluding tert-OH is 1. The van der Waals surface area contributed by atoms with E-state index in [0.717, 1.165) is 21.3 Å². The van der Waals surface area contributed by atoms with Gasteiger partial charge in [-0.25, -0.2) is 23.4 Å². The van der Waals surface area contributed by atoms with Crippen molar-refractivity contribution in [3.8, 4) is 0 Å². The van der Waals surface area contributed by atoms with Gasteiger partial charge in [-0.05, 0) is 54.8 Å². The maximum absolute atomic E-state index is 12.8. The van der Waals surface area contributed by atoms with Crippen molar-refractivity contribution in [2.45, 2.75) is 23.8 Å². The van der Waals surface area contributed by atoms with Crippen LogP contribution in [0.4, 0.5) is 16.8 Å². The van der Waals surface area contributed by atoms with Gasteiger partial charge in [0, 0.05) is 36.7 Å². The molecule has 1 aliphatic rings. The average molecular weight is 545 g/mol. The quantitative estimate of drug-likeness (QED) is 0.329. The van der Waals surface area contributed by atoms with Gasteiger partial charge in [-0.1, -0.05) is 29.6 Å². The van der Waals surface area contributed by atoms with Gasteiger partial charge in [0.05, 0.1) is 21.2 Å². The van der Waals surface area contributed by atoms with Crippen LogP contribution in [0.3, 0.4) is 0 Å². The SMILES string of the molecule is Cl.Nc1nc2ccc(/C=C/c3cnc(Nc4ccc(S(=O)(=O)N5CCCC(O)C5)cc4)nc3)cc2s1. The van der Waals surface area contributed by atoms with Crippen LogP contribution in [0.25, 0.3) is 22.4 Å². The Bertz CT molecular complexity index is 1470. The summed E-state index contributed by atoms with van der Waals surface area (Å²) in [5.41, 5.74) is 9.19. The normalized spacial score (nSPS) is 16.8. The number of piperidine rings is 1. The molecule has 0 saturated carbocycles. The molecule has 4 aromatic rings. The van der Waals surface area contributed by atoms with Crippen LogP contribution in [0.15, 0.2) is 59.8 Å². The lowest BCUT2D eigenvalue weighted by Crippen LogP contribution is -2.42. The number of nitrogen functional groups attached to an aromatic ring is 1. The Balaban J connectivity index is 0.00000304. The number of rotatable bonds is 6. The Morgan fingerprint density at radius 2 is 1.81 bits per heavy atom. The molecule has 0 amide bonds. The van der Waals surface area contributed by atoms with Crippen LogP contribution < -0.4 is 11.1 Å². The summed E-state index contributed by atoms with van der Waals surface area (Å²) in [6.45, 7) is 0.550. The Kier molecular flexibility index (Phi) is 7.86. The smallest absolute Gasteiger partial charge is 0.243 e. The molecule has 0 spiro atoms. The first-order valence-electron chi connectivity index (χ1n) is 11.1. The molecule has 188 valence electrons. The van der Waals surface area contributed by atoms with Crippen molar-refractivity contribution in [2.75, 3.05) is 24.1 Å². The van der Waals surface area contributed by atoms with Gasteiger partial charge >= 0.3 is 0 Å². The first kappa shape index (κ1) is 26.0. The number of hydrogen-bond acceptors (Lipinski definition) is 9. The summed E-state index contributed by atoms with van der Waals surface area (Å²) >= 11 is 1.45. The molecule has 2 aromatic carbocycles. The number of anilines is 3. The molecule has 1 atom stereocenters. The van der Waals surface area contributed by atoms with E-state index in [0.29, 0.717) is 36.2 Å². The van der Waals surface area contributed by atoms with Crippen molar-refractivity contribution >= 4 is 72.9 Å². The zero-order valence-electron chi connectivity index (χ0n) is 19.1. The molecule has 0 bridgehead atoms. The van der Waals surface area contributed by atoms with E-state index in [9.17, 15) is 13.5 Å². The number of hydrogen-bond donors (Lipinski definition) is 3. The molecule has 0 aliphatic carbocycles. The second-order valence-electron chi connectivity index (χ2n) is 8.26. The lowest BCUT2D eigenvalue weighted by molar-refractivity contribution is 0.108. The van der Waals surface area contributed by atoms with Crippen LogP contribution >= 0.6 is 23.7 Å². The highest BCUT2D eigenvalue weighted by atomic mass is 35.5. The average Bonchev–Trinajstić information content (AvgIpc) is 3.23. The number of fused-ring (bicyclic) bond motifs is 1. The maximum atomic E-state index is 12.8. The predicted molar refractivity (Wildman–Crippen MR) is 146 cm³/mol. The molecule has 5 rings (SSSR count). The monoisotopic (exact) mass is 544 g/mol. The standard InChI is InChI=1S/C24H24N6O3S2.ClH/c25-23-29-21-10-5-16(12-22(21)34-23)3-4-17-13-26-24(27-14-17)28-18-6-8-20(9-7-18)35(32,33)30-11-1-2-19(31)15-30;/h3-10,12-14,19,31H,1-2,11,15H2,(H2,25,29)(H,26,27,28);1H/b4-3+;. The van der Waals surface area contributed by atoms with Gasteiger partial charge in [-0.2, -0.15) is 4.31 Å². The summed E-state index contributed by atoms with van der Waals surface area (Å²) < 4.78 is 28.0. The number of nitrogens with two attached hydrogens (primary N) is 1. The van der Waals surface area contributed by atoms with Crippen molar-refractivity contribution in [3.63, 3.8) is 0 Å². The van der Waals surface area contributed by atoms with Crippen molar-refractivity contribution < 1.29 is 13.5 Å². The number of thiazole rings is 1. The number of β-amino-alcohol motifs (C(OH)–C–C–N with tert-alkyl or cyclic N) is 1. The zero-order chi connectivity index (χ0) is 24.4. The van der Waals surface area contributed by atoms with E-state index in [4.69, 9.17) is 5.73 Å². The van der Waals surface area contributed by atoms with Crippen molar-refractivity contribution in [1.29, 1.82) is 0 Å². The largest absolute Gasteiger partial charge is 0.392 e. The summed E-state index contributed by atoms with van der Waals surface area (Å²) in [5.74, 6) is 0.401. The Morgan fingerprint density at radius 3 is 2.53 bits per heavy atom. The minimum atomic E-state index is -3.63. The van der Waals surface area contributed by atoms with E-state index in [1.165, 1.54) is 15.6 Å². The second kappa shape index (κ2) is 10.9. The molecule has 2 aromatic heterocycles. The van der Waals surface area contributed by atoms with Crippen molar-refractivity contribution in [1.82, 2.24) is 19.3 Å². The Labute approximate surface area is 219 Å². The van der Waals surface area contributed by atoms with Crippen LogP contribution in [0.2, 0.25) is 0 Å². The van der Waals surface area contributed by atoms with E-state index < -0.39 is 16.1 Å². The van der Waals surface area contributed by atoms with E-state index in [2.05, 4.69) is 20.3 Å². The fourth-order valence-corrected chi connectivity index (χ4v) is 6.17. The summed E-state index contributed by atoms with van der Waals surface area (Å²) in [5, 5.41) is 13.4. The molecule has 3 heterocycles. The van der Waals surface area contributed by atoms with Crippen LogP contribution in [0.1, 0.15) is 24.0 Å². The summed E-state index contributed by atoms with van der Waals surface area (Å²) in [7, 11) is -3.63. The second-order valence-corrected chi connectivity index (χ2v) is 11.3. The summed E-state index contributed by atoms with van der Waals surface area (Å²) in [4.78, 5) is 13.1. The van der Waals surface area contributed by atoms with Crippen molar-refractivity contribution in [3.05, 3.63) is 66.0 Å². The fraction of sp³-hybridized carbons (Fsp3) is 0.208. The summed E-state index contributed by atoms with van der Waals surface area (Å²) in [6, 6.07) is 12.4. The fourth-order valence-electron chi connectivity index (χ4n) is 3.87. The molecule has 36 heavy (non-hydrogen) atoms. The topological polar surface area (TPSA) is 134 Å². The molecule has 1 fully saturated rings. The molecule has 12 heteroatoms. The maximum Gasteiger partial charge on any atom is 0.243 e. The first-order chi connectivity index (χ1) is 16.9. The van der Waals surface area contributed by atoms with Gasteiger partial charge in [0.1, 0.15) is 0 Å². The first-order valence-corrected chi connectivity index (χ1v) is 13.3. The minimum absolute atomic E-state index is 0. The Hall–Kier alpha value is -3.09. The van der Waals surface area contributed by atoms with Crippen molar-refractivity contribution in [2.24, 2.45) is 0 Å². The minimum Gasteiger partial charge on any atom is -0.392 e. The van der Waals surface area contributed by atoms with E-state index >= 15 is 0 Å². The van der Waals surface area contributed by atoms with E-state index in [1.54, 1.807) is 36.7 Å². The van der Waals surface area contributed by atoms with Gasteiger partial charge in [0.2, 0.25) is 16.0 Å². The molecular formula is C24H25ClN6O3S2. The highest BCUT2D eigenvalue weighted by molar-refractivity contribution is 7.89. The third-order valence-electron chi connectivity index (χ3n) is 5.68. The molecular weight excluding hydrogens is 520 g/mol. The van der Waals surface area contributed by atoms with E-state index in [1.807, 2.05) is 30.4 Å². The molecule has 1 aliphatic heterocycles. The van der Waals surface area contributed by atoms with Gasteiger partial charge in [-0.3, -0.25) is 0 Å². The summed E-state index contributed by atoms with van der Waals surface area (Å²) in [6.07, 6.45) is 7.97. The van der Waals surface area contributed by atoms with Gasteiger partial charge in [0.15, 0.2) is 5.13 Å². The van der Waals surface area contributed by atoms with Crippen LogP contribution in [-0.4, -0.2) is 52.0 Å². The molecule has 1 unspecified atom stereocenters. The lowest BCUT2D eigenvalue weighted by atomic mass is 10.1. The molecule has 1 saturated heterocycles. The number of benzene rings is 2. The number of aliphatic hydroxyl groups is 1. The van der Waals surface area contributed by atoms with Crippen LogP contribution in [0, 0.1) is 0 Å². The van der Waals surface area contributed by atoms with Gasteiger partial charge in [0.25, 0.3) is 0 Å². The lowest BCUT2D eigenvalue weighted by Gasteiger charge is -2.29. The molecule has 9 nitrogen and oxygen atoms in total. The third-order valence-corrected chi connectivity index (χ3v) is 8.40. The number of nitrogens with one attached hydrogen (secondary N) is 1. The van der Waals surface area contributed by atoms with Gasteiger partial charge in [-0.15, -0.1) is 12.4 Å². The number of aromatic nitrogens is 3. The predicted octanol–water partition coefficient (Wildman–Crippen LogP) is 4.15.